The van der Waals surface area contributed by atoms with Crippen LogP contribution < -0.4 is 0 Å². The summed E-state index contributed by atoms with van der Waals surface area (Å²) in [6, 6.07) is 9.38. The highest BCUT2D eigenvalue weighted by atomic mass is 16.5. The molecule has 0 unspecified atom stereocenters. The van der Waals surface area contributed by atoms with Gasteiger partial charge >= 0.3 is 0 Å². The van der Waals surface area contributed by atoms with E-state index in [0.29, 0.717) is 13.0 Å². The maximum absolute atomic E-state index is 11.7. The average molecular weight is 192 g/mol. The van der Waals surface area contributed by atoms with Gasteiger partial charge in [-0.2, -0.15) is 0 Å². The predicted octanol–water partition coefficient (Wildman–Crippen LogP) is 2.54. The van der Waals surface area contributed by atoms with Crippen LogP contribution in [0.2, 0.25) is 0 Å². The van der Waals surface area contributed by atoms with Crippen LogP contribution in [0.5, 0.6) is 0 Å². The molecule has 0 fully saturated rings. The van der Waals surface area contributed by atoms with Crippen molar-refractivity contribution in [2.75, 3.05) is 13.7 Å². The molecule has 0 N–H and O–H groups in total. The van der Waals surface area contributed by atoms with Crippen molar-refractivity contribution >= 4 is 5.78 Å². The smallest absolute Gasteiger partial charge is 0.163 e. The fourth-order valence-electron chi connectivity index (χ4n) is 1.40. The maximum Gasteiger partial charge on any atom is 0.163 e. The van der Waals surface area contributed by atoms with Gasteiger partial charge < -0.3 is 4.74 Å². The Morgan fingerprint density at radius 3 is 2.57 bits per heavy atom. The lowest BCUT2D eigenvalue weighted by molar-refractivity contribution is 0.0920. The highest BCUT2D eigenvalue weighted by Gasteiger charge is 2.10. The van der Waals surface area contributed by atoms with E-state index in [1.54, 1.807) is 7.11 Å². The van der Waals surface area contributed by atoms with Crippen LogP contribution >= 0.6 is 0 Å². The van der Waals surface area contributed by atoms with Gasteiger partial charge in [0.05, 0.1) is 0 Å². The molecule has 0 aromatic heterocycles. The first-order valence-corrected chi connectivity index (χ1v) is 4.81. The van der Waals surface area contributed by atoms with Gasteiger partial charge in [-0.05, 0) is 5.92 Å². The van der Waals surface area contributed by atoms with E-state index in [9.17, 15) is 4.79 Å². The van der Waals surface area contributed by atoms with Crippen LogP contribution in [0.1, 0.15) is 23.7 Å². The van der Waals surface area contributed by atoms with Crippen molar-refractivity contribution in [2.24, 2.45) is 5.92 Å². The first-order chi connectivity index (χ1) is 6.74. The number of hydrogen-bond donors (Lipinski definition) is 0. The first-order valence-electron chi connectivity index (χ1n) is 4.81. The molecule has 0 aliphatic carbocycles. The third-order valence-electron chi connectivity index (χ3n) is 2.08. The second-order valence-corrected chi connectivity index (χ2v) is 3.55. The fraction of sp³-hybridized carbons (Fsp3) is 0.417. The van der Waals surface area contributed by atoms with Crippen LogP contribution in [0.25, 0.3) is 0 Å². The zero-order valence-electron chi connectivity index (χ0n) is 8.69. The average Bonchev–Trinajstić information content (AvgIpc) is 2.19. The van der Waals surface area contributed by atoms with Crippen molar-refractivity contribution < 1.29 is 9.53 Å². The minimum atomic E-state index is 0.190. The largest absolute Gasteiger partial charge is 0.384 e. The van der Waals surface area contributed by atoms with Crippen LogP contribution in [0.4, 0.5) is 0 Å². The molecule has 1 rings (SSSR count). The van der Waals surface area contributed by atoms with Crippen molar-refractivity contribution in [1.82, 2.24) is 0 Å². The molecule has 76 valence electrons. The molecule has 0 heterocycles. The molecule has 0 amide bonds. The van der Waals surface area contributed by atoms with Gasteiger partial charge in [0.25, 0.3) is 0 Å². The Labute approximate surface area is 84.9 Å². The second kappa shape index (κ2) is 5.55. The highest BCUT2D eigenvalue weighted by Crippen LogP contribution is 2.09. The van der Waals surface area contributed by atoms with E-state index in [4.69, 9.17) is 4.74 Å². The quantitative estimate of drug-likeness (QED) is 0.670. The van der Waals surface area contributed by atoms with Crippen LogP contribution in [0.15, 0.2) is 30.3 Å². The van der Waals surface area contributed by atoms with E-state index in [0.717, 1.165) is 5.56 Å². The normalized spacial score (nSPS) is 12.4. The molecule has 1 aromatic carbocycles. The number of benzene rings is 1. The summed E-state index contributed by atoms with van der Waals surface area (Å²) in [5.74, 6) is 0.475. The summed E-state index contributed by atoms with van der Waals surface area (Å²) >= 11 is 0. The molecule has 2 nitrogen and oxygen atoms in total. The van der Waals surface area contributed by atoms with Crippen molar-refractivity contribution in [2.45, 2.75) is 13.3 Å². The number of ether oxygens (including phenoxy) is 1. The Hall–Kier alpha value is -1.15. The molecule has 0 bridgehead atoms. The Kier molecular flexibility index (Phi) is 4.33. The zero-order chi connectivity index (χ0) is 10.4. The van der Waals surface area contributed by atoms with Crippen molar-refractivity contribution in [3.63, 3.8) is 0 Å². The highest BCUT2D eigenvalue weighted by molar-refractivity contribution is 5.96. The monoisotopic (exact) mass is 192 g/mol. The maximum atomic E-state index is 11.7. The van der Waals surface area contributed by atoms with Gasteiger partial charge in [0.15, 0.2) is 5.78 Å². The Morgan fingerprint density at radius 2 is 2.00 bits per heavy atom. The minimum absolute atomic E-state index is 0.190. The summed E-state index contributed by atoms with van der Waals surface area (Å²) in [4.78, 5) is 11.7. The van der Waals surface area contributed by atoms with E-state index < -0.39 is 0 Å². The summed E-state index contributed by atoms with van der Waals surface area (Å²) in [6.07, 6.45) is 0.553. The number of rotatable bonds is 5. The van der Waals surface area contributed by atoms with Gasteiger partial charge in [-0.3, -0.25) is 4.79 Å². The van der Waals surface area contributed by atoms with Crippen molar-refractivity contribution in [3.8, 4) is 0 Å². The number of ketones is 1. The molecule has 0 spiro atoms. The molecule has 1 atom stereocenters. The van der Waals surface area contributed by atoms with Gasteiger partial charge in [-0.25, -0.2) is 0 Å². The number of methoxy groups -OCH3 is 1. The van der Waals surface area contributed by atoms with Crippen LogP contribution in [-0.2, 0) is 4.74 Å². The molecule has 1 aromatic rings. The lowest BCUT2D eigenvalue weighted by atomic mass is 10.0. The van der Waals surface area contributed by atoms with E-state index in [2.05, 4.69) is 0 Å². The van der Waals surface area contributed by atoms with E-state index in [1.807, 2.05) is 37.3 Å². The van der Waals surface area contributed by atoms with Crippen LogP contribution in [0.3, 0.4) is 0 Å². The van der Waals surface area contributed by atoms with E-state index >= 15 is 0 Å². The number of Topliss-reactive ketones (excluding diaryl/α,β-unsaturated/α-hetero) is 1. The standard InChI is InChI=1S/C12H16O2/c1-10(9-14-2)8-12(13)11-6-4-3-5-7-11/h3-7,10H,8-9H2,1-2H3/t10-/m0/s1. The molecule has 0 saturated carbocycles. The van der Waals surface area contributed by atoms with Crippen LogP contribution in [-0.4, -0.2) is 19.5 Å². The van der Waals surface area contributed by atoms with Gasteiger partial charge in [-0.15, -0.1) is 0 Å². The second-order valence-electron chi connectivity index (χ2n) is 3.55. The third-order valence-corrected chi connectivity index (χ3v) is 2.08. The van der Waals surface area contributed by atoms with Gasteiger partial charge in [0.1, 0.15) is 0 Å². The number of carbonyl (C=O) groups excluding carboxylic acids is 1. The summed E-state index contributed by atoms with van der Waals surface area (Å²) in [5.41, 5.74) is 0.787. The molecule has 0 radical (unpaired) electrons. The molecule has 0 aliphatic rings. The van der Waals surface area contributed by atoms with E-state index in [-0.39, 0.29) is 11.7 Å². The SMILES string of the molecule is COC[C@@H](C)CC(=O)c1ccccc1. The number of hydrogen-bond acceptors (Lipinski definition) is 2. The molecular weight excluding hydrogens is 176 g/mol. The Morgan fingerprint density at radius 1 is 1.36 bits per heavy atom. The summed E-state index contributed by atoms with van der Waals surface area (Å²) in [7, 11) is 1.66. The summed E-state index contributed by atoms with van der Waals surface area (Å²) < 4.78 is 4.99. The van der Waals surface area contributed by atoms with Crippen LogP contribution in [0, 0.1) is 5.92 Å². The molecule has 14 heavy (non-hydrogen) atoms. The van der Waals surface area contributed by atoms with Gasteiger partial charge in [0.2, 0.25) is 0 Å². The summed E-state index contributed by atoms with van der Waals surface area (Å²) in [5, 5.41) is 0. The fourth-order valence-corrected chi connectivity index (χ4v) is 1.40. The summed E-state index contributed by atoms with van der Waals surface area (Å²) in [6.45, 7) is 2.66. The van der Waals surface area contributed by atoms with E-state index in [1.165, 1.54) is 0 Å². The first kappa shape index (κ1) is 10.9. The topological polar surface area (TPSA) is 26.3 Å². The predicted molar refractivity (Wildman–Crippen MR) is 56.4 cm³/mol. The Bertz CT molecular complexity index is 280. The molecule has 0 saturated heterocycles. The van der Waals surface area contributed by atoms with Gasteiger partial charge in [-0.1, -0.05) is 37.3 Å². The zero-order valence-corrected chi connectivity index (χ0v) is 8.69. The van der Waals surface area contributed by atoms with Gasteiger partial charge in [0, 0.05) is 25.7 Å². The Balaban J connectivity index is 2.51. The molecular formula is C12H16O2. The lowest BCUT2D eigenvalue weighted by Gasteiger charge is -2.08. The molecule has 2 heteroatoms. The van der Waals surface area contributed by atoms with Crippen molar-refractivity contribution in [3.05, 3.63) is 35.9 Å². The number of carbonyl (C=O) groups is 1. The molecule has 0 aliphatic heterocycles. The van der Waals surface area contributed by atoms with Crippen molar-refractivity contribution in [1.29, 1.82) is 0 Å². The minimum Gasteiger partial charge on any atom is -0.384 e. The third kappa shape index (κ3) is 3.30. The lowest BCUT2D eigenvalue weighted by Crippen LogP contribution is -2.10.